The topological polar surface area (TPSA) is 28.7 Å². The highest BCUT2D eigenvalue weighted by atomic mass is 19.3. The van der Waals surface area contributed by atoms with E-state index in [4.69, 9.17) is 0 Å². The SMILES string of the molecule is FC1(F)CC(c2ccn[nH]2)C1. The summed E-state index contributed by atoms with van der Waals surface area (Å²) in [4.78, 5) is 0. The zero-order valence-electron chi connectivity index (χ0n) is 5.85. The number of nitrogens with one attached hydrogen (secondary N) is 1. The summed E-state index contributed by atoms with van der Waals surface area (Å²) in [6.07, 6.45) is 1.52. The number of aromatic amines is 1. The van der Waals surface area contributed by atoms with Gasteiger partial charge in [-0.2, -0.15) is 5.10 Å². The molecule has 4 heteroatoms. The molecule has 1 fully saturated rings. The van der Waals surface area contributed by atoms with Crippen LogP contribution >= 0.6 is 0 Å². The largest absolute Gasteiger partial charge is 0.282 e. The highest BCUT2D eigenvalue weighted by molar-refractivity contribution is 5.12. The van der Waals surface area contributed by atoms with Crippen molar-refractivity contribution in [2.24, 2.45) is 0 Å². The molecule has 2 rings (SSSR count). The fourth-order valence-electron chi connectivity index (χ4n) is 1.38. The molecule has 60 valence electrons. The third kappa shape index (κ3) is 1.13. The normalized spacial score (nSPS) is 23.1. The Kier molecular flexibility index (Phi) is 1.25. The fraction of sp³-hybridized carbons (Fsp3) is 0.571. The molecule has 0 saturated heterocycles. The third-order valence-electron chi connectivity index (χ3n) is 2.05. The molecule has 1 saturated carbocycles. The van der Waals surface area contributed by atoms with Crippen LogP contribution in [0, 0.1) is 0 Å². The van der Waals surface area contributed by atoms with Crippen LogP contribution < -0.4 is 0 Å². The quantitative estimate of drug-likeness (QED) is 0.664. The van der Waals surface area contributed by atoms with Crippen LogP contribution in [0.25, 0.3) is 0 Å². The lowest BCUT2D eigenvalue weighted by molar-refractivity contribution is -0.0876. The molecule has 0 atom stereocenters. The molecule has 0 unspecified atom stereocenters. The number of halogens is 2. The summed E-state index contributed by atoms with van der Waals surface area (Å²) < 4.78 is 24.7. The third-order valence-corrected chi connectivity index (χ3v) is 2.05. The second-order valence-corrected chi connectivity index (χ2v) is 2.97. The molecule has 0 bridgehead atoms. The van der Waals surface area contributed by atoms with E-state index in [2.05, 4.69) is 10.2 Å². The van der Waals surface area contributed by atoms with Crippen LogP contribution in [0.2, 0.25) is 0 Å². The summed E-state index contributed by atoms with van der Waals surface area (Å²) in [5.41, 5.74) is 0.830. The van der Waals surface area contributed by atoms with Gasteiger partial charge < -0.3 is 0 Å². The molecular weight excluding hydrogens is 150 g/mol. The van der Waals surface area contributed by atoms with Crippen LogP contribution in [0.15, 0.2) is 12.3 Å². The Bertz CT molecular complexity index is 235. The minimum absolute atomic E-state index is 0.00694. The van der Waals surface area contributed by atoms with Crippen molar-refractivity contribution >= 4 is 0 Å². The number of nitrogens with zero attached hydrogens (tertiary/aromatic N) is 1. The zero-order valence-corrected chi connectivity index (χ0v) is 5.85. The Morgan fingerprint density at radius 3 is 2.73 bits per heavy atom. The molecule has 1 aliphatic carbocycles. The van der Waals surface area contributed by atoms with E-state index in [1.54, 1.807) is 12.3 Å². The van der Waals surface area contributed by atoms with Gasteiger partial charge in [-0.1, -0.05) is 0 Å². The number of hydrogen-bond acceptors (Lipinski definition) is 1. The minimum Gasteiger partial charge on any atom is -0.282 e. The minimum atomic E-state index is -2.43. The Labute approximate surface area is 62.6 Å². The van der Waals surface area contributed by atoms with E-state index < -0.39 is 5.92 Å². The van der Waals surface area contributed by atoms with Crippen molar-refractivity contribution in [2.45, 2.75) is 24.7 Å². The first-order valence-electron chi connectivity index (χ1n) is 3.54. The Balaban J connectivity index is 2.03. The van der Waals surface area contributed by atoms with Gasteiger partial charge in [0.05, 0.1) is 0 Å². The molecule has 1 aromatic rings. The van der Waals surface area contributed by atoms with Gasteiger partial charge in [-0.3, -0.25) is 5.10 Å². The summed E-state index contributed by atoms with van der Waals surface area (Å²) >= 11 is 0. The van der Waals surface area contributed by atoms with Crippen LogP contribution in [0.5, 0.6) is 0 Å². The van der Waals surface area contributed by atoms with Gasteiger partial charge >= 0.3 is 0 Å². The van der Waals surface area contributed by atoms with Crippen molar-refractivity contribution < 1.29 is 8.78 Å². The van der Waals surface area contributed by atoms with Crippen molar-refractivity contribution in [2.75, 3.05) is 0 Å². The van der Waals surface area contributed by atoms with E-state index in [1.807, 2.05) is 0 Å². The number of aromatic nitrogens is 2. The lowest BCUT2D eigenvalue weighted by atomic mass is 9.79. The maximum absolute atomic E-state index is 12.3. The highest BCUT2D eigenvalue weighted by Gasteiger charge is 2.46. The molecule has 1 heterocycles. The summed E-state index contributed by atoms with van der Waals surface area (Å²) in [6.45, 7) is 0. The first-order valence-corrected chi connectivity index (χ1v) is 3.54. The highest BCUT2D eigenvalue weighted by Crippen LogP contribution is 2.47. The number of hydrogen-bond donors (Lipinski definition) is 1. The average molecular weight is 158 g/mol. The molecule has 0 aliphatic heterocycles. The van der Waals surface area contributed by atoms with Gasteiger partial charge in [0.2, 0.25) is 5.92 Å². The second kappa shape index (κ2) is 2.03. The summed E-state index contributed by atoms with van der Waals surface area (Å²) in [6, 6.07) is 1.75. The van der Waals surface area contributed by atoms with Crippen molar-refractivity contribution in [1.29, 1.82) is 0 Å². The lowest BCUT2D eigenvalue weighted by Crippen LogP contribution is -2.33. The Morgan fingerprint density at radius 1 is 1.55 bits per heavy atom. The van der Waals surface area contributed by atoms with E-state index in [-0.39, 0.29) is 18.8 Å². The predicted octanol–water partition coefficient (Wildman–Crippen LogP) is 1.92. The Morgan fingerprint density at radius 2 is 2.27 bits per heavy atom. The maximum Gasteiger partial charge on any atom is 0.249 e. The molecule has 0 aromatic carbocycles. The van der Waals surface area contributed by atoms with Crippen molar-refractivity contribution in [3.63, 3.8) is 0 Å². The maximum atomic E-state index is 12.3. The van der Waals surface area contributed by atoms with Gasteiger partial charge in [-0.15, -0.1) is 0 Å². The van der Waals surface area contributed by atoms with E-state index in [9.17, 15) is 8.78 Å². The number of H-pyrrole nitrogens is 1. The van der Waals surface area contributed by atoms with E-state index >= 15 is 0 Å². The van der Waals surface area contributed by atoms with Crippen LogP contribution in [0.4, 0.5) is 8.78 Å². The van der Waals surface area contributed by atoms with Gasteiger partial charge in [-0.25, -0.2) is 8.78 Å². The first kappa shape index (κ1) is 6.76. The first-order chi connectivity index (χ1) is 5.17. The monoisotopic (exact) mass is 158 g/mol. The van der Waals surface area contributed by atoms with Gasteiger partial charge in [0.15, 0.2) is 0 Å². The van der Waals surface area contributed by atoms with Crippen LogP contribution in [-0.4, -0.2) is 16.1 Å². The molecule has 2 nitrogen and oxygen atoms in total. The van der Waals surface area contributed by atoms with Gasteiger partial charge in [-0.05, 0) is 6.07 Å². The number of rotatable bonds is 1. The smallest absolute Gasteiger partial charge is 0.249 e. The predicted molar refractivity (Wildman–Crippen MR) is 35.5 cm³/mol. The van der Waals surface area contributed by atoms with E-state index in [0.29, 0.717) is 0 Å². The molecule has 1 aromatic heterocycles. The van der Waals surface area contributed by atoms with Crippen molar-refractivity contribution in [3.05, 3.63) is 18.0 Å². The van der Waals surface area contributed by atoms with Gasteiger partial charge in [0.25, 0.3) is 0 Å². The molecule has 0 amide bonds. The molecular formula is C7H8F2N2. The van der Waals surface area contributed by atoms with Crippen LogP contribution in [-0.2, 0) is 0 Å². The summed E-state index contributed by atoms with van der Waals surface area (Å²) in [7, 11) is 0. The standard InChI is InChI=1S/C7H8F2N2/c8-7(9)3-5(4-7)6-1-2-10-11-6/h1-2,5H,3-4H2,(H,10,11). The Hall–Kier alpha value is -0.930. The lowest BCUT2D eigenvalue weighted by Gasteiger charge is -2.33. The van der Waals surface area contributed by atoms with E-state index in [1.165, 1.54) is 0 Å². The van der Waals surface area contributed by atoms with Crippen LogP contribution in [0.3, 0.4) is 0 Å². The van der Waals surface area contributed by atoms with E-state index in [0.717, 1.165) is 5.69 Å². The summed E-state index contributed by atoms with van der Waals surface area (Å²) in [5.74, 6) is -2.44. The fourth-order valence-corrected chi connectivity index (χ4v) is 1.38. The molecule has 1 aliphatic rings. The van der Waals surface area contributed by atoms with Crippen molar-refractivity contribution in [3.8, 4) is 0 Å². The van der Waals surface area contributed by atoms with Crippen molar-refractivity contribution in [1.82, 2.24) is 10.2 Å². The van der Waals surface area contributed by atoms with Crippen LogP contribution in [0.1, 0.15) is 24.5 Å². The molecule has 0 spiro atoms. The zero-order chi connectivity index (χ0) is 7.90. The van der Waals surface area contributed by atoms with Gasteiger partial charge in [0, 0.05) is 30.7 Å². The molecule has 1 N–H and O–H groups in total. The van der Waals surface area contributed by atoms with Gasteiger partial charge in [0.1, 0.15) is 0 Å². The number of alkyl halides is 2. The molecule has 11 heavy (non-hydrogen) atoms. The second-order valence-electron chi connectivity index (χ2n) is 2.97. The molecule has 0 radical (unpaired) electrons. The summed E-state index contributed by atoms with van der Waals surface area (Å²) in [5, 5.41) is 6.40. The average Bonchev–Trinajstić information content (AvgIpc) is 2.32.